The highest BCUT2D eigenvalue weighted by atomic mass is 35.5. The maximum atomic E-state index is 13.5. The third kappa shape index (κ3) is 2.80. The van der Waals surface area contributed by atoms with Crippen molar-refractivity contribution in [2.24, 2.45) is 0 Å². The first-order chi connectivity index (χ1) is 8.60. The van der Waals surface area contributed by atoms with E-state index < -0.39 is 5.82 Å². The fourth-order valence-electron chi connectivity index (χ4n) is 1.29. The summed E-state index contributed by atoms with van der Waals surface area (Å²) in [4.78, 5) is 7.70. The van der Waals surface area contributed by atoms with E-state index >= 15 is 0 Å². The van der Waals surface area contributed by atoms with Gasteiger partial charge >= 0.3 is 0 Å². The Hall–Kier alpha value is -1.59. The molecule has 0 radical (unpaired) electrons. The summed E-state index contributed by atoms with van der Waals surface area (Å²) in [5.74, 6) is -0.174. The van der Waals surface area contributed by atoms with Crippen LogP contribution in [0.2, 0.25) is 10.0 Å². The molecule has 1 aromatic carbocycles. The van der Waals surface area contributed by atoms with Crippen LogP contribution in [0.15, 0.2) is 24.4 Å². The molecule has 0 bridgehead atoms. The first-order valence-electron chi connectivity index (χ1n) is 5.02. The molecule has 0 fully saturated rings. The Bertz CT molecular complexity index is 577. The van der Waals surface area contributed by atoms with E-state index in [4.69, 9.17) is 23.2 Å². The Morgan fingerprint density at radius 3 is 2.67 bits per heavy atom. The van der Waals surface area contributed by atoms with Crippen LogP contribution in [0.25, 0.3) is 0 Å². The number of nitrogens with one attached hydrogen (secondary N) is 2. The molecular weight excluding hydrogens is 278 g/mol. The molecule has 0 unspecified atom stereocenters. The number of halogens is 3. The van der Waals surface area contributed by atoms with E-state index in [1.165, 1.54) is 0 Å². The predicted molar refractivity (Wildman–Crippen MR) is 71.3 cm³/mol. The maximum Gasteiger partial charge on any atom is 0.224 e. The van der Waals surface area contributed by atoms with Crippen molar-refractivity contribution in [2.75, 3.05) is 17.7 Å². The van der Waals surface area contributed by atoms with Crippen LogP contribution in [0.5, 0.6) is 0 Å². The summed E-state index contributed by atoms with van der Waals surface area (Å²) in [6.45, 7) is 0. The number of anilines is 3. The smallest absolute Gasteiger partial charge is 0.224 e. The monoisotopic (exact) mass is 286 g/mol. The minimum absolute atomic E-state index is 0.0627. The molecule has 94 valence electrons. The zero-order valence-corrected chi connectivity index (χ0v) is 10.8. The van der Waals surface area contributed by atoms with Gasteiger partial charge in [0.15, 0.2) is 11.6 Å². The van der Waals surface area contributed by atoms with Crippen molar-refractivity contribution in [3.05, 3.63) is 40.3 Å². The van der Waals surface area contributed by atoms with E-state index in [9.17, 15) is 4.39 Å². The quantitative estimate of drug-likeness (QED) is 0.903. The minimum Gasteiger partial charge on any atom is -0.357 e. The average Bonchev–Trinajstić information content (AvgIpc) is 2.36. The zero-order valence-electron chi connectivity index (χ0n) is 9.34. The van der Waals surface area contributed by atoms with Crippen molar-refractivity contribution in [3.63, 3.8) is 0 Å². The number of aromatic nitrogens is 2. The van der Waals surface area contributed by atoms with Gasteiger partial charge in [-0.3, -0.25) is 0 Å². The fourth-order valence-corrected chi connectivity index (χ4v) is 1.58. The molecule has 18 heavy (non-hydrogen) atoms. The maximum absolute atomic E-state index is 13.5. The topological polar surface area (TPSA) is 49.8 Å². The van der Waals surface area contributed by atoms with Crippen molar-refractivity contribution in [3.8, 4) is 0 Å². The summed E-state index contributed by atoms with van der Waals surface area (Å²) in [7, 11) is 1.65. The Morgan fingerprint density at radius 2 is 2.00 bits per heavy atom. The molecule has 0 atom stereocenters. The number of benzene rings is 1. The number of hydrogen-bond acceptors (Lipinski definition) is 4. The van der Waals surface area contributed by atoms with Gasteiger partial charge in [0, 0.05) is 12.7 Å². The minimum atomic E-state index is -0.555. The second-order valence-electron chi connectivity index (χ2n) is 3.39. The fraction of sp³-hybridized carbons (Fsp3) is 0.0909. The highest BCUT2D eigenvalue weighted by Gasteiger charge is 2.07. The van der Waals surface area contributed by atoms with Gasteiger partial charge in [-0.1, -0.05) is 23.2 Å². The molecule has 0 aliphatic heterocycles. The van der Waals surface area contributed by atoms with Gasteiger partial charge in [-0.2, -0.15) is 4.98 Å². The van der Waals surface area contributed by atoms with E-state index in [2.05, 4.69) is 20.6 Å². The lowest BCUT2D eigenvalue weighted by Crippen LogP contribution is -2.02. The van der Waals surface area contributed by atoms with Crippen LogP contribution in [0.4, 0.5) is 21.8 Å². The Labute approximate surface area is 113 Å². The SMILES string of the molecule is CNc1ncc(F)c(Nc2ccc(Cl)c(Cl)c2)n1. The number of rotatable bonds is 3. The van der Waals surface area contributed by atoms with Gasteiger partial charge in [0.05, 0.1) is 16.2 Å². The molecule has 0 aliphatic carbocycles. The van der Waals surface area contributed by atoms with Crippen molar-refractivity contribution in [1.82, 2.24) is 9.97 Å². The third-order valence-corrected chi connectivity index (χ3v) is 2.89. The van der Waals surface area contributed by atoms with Crippen molar-refractivity contribution in [2.45, 2.75) is 0 Å². The van der Waals surface area contributed by atoms with Gasteiger partial charge in [0.25, 0.3) is 0 Å². The molecule has 0 amide bonds. The molecule has 7 heteroatoms. The summed E-state index contributed by atoms with van der Waals surface area (Å²) in [5.41, 5.74) is 0.587. The van der Waals surface area contributed by atoms with Gasteiger partial charge in [0.1, 0.15) is 0 Å². The van der Waals surface area contributed by atoms with Crippen molar-refractivity contribution in [1.29, 1.82) is 0 Å². The van der Waals surface area contributed by atoms with E-state index in [0.717, 1.165) is 6.20 Å². The average molecular weight is 287 g/mol. The standard InChI is InChI=1S/C11H9Cl2FN4/c1-15-11-16-5-9(14)10(18-11)17-6-2-3-7(12)8(13)4-6/h2-5H,1H3,(H2,15,16,17,18). The summed E-state index contributed by atoms with van der Waals surface area (Å²) >= 11 is 11.7. The lowest BCUT2D eigenvalue weighted by molar-refractivity contribution is 0.619. The molecule has 0 saturated heterocycles. The van der Waals surface area contributed by atoms with Gasteiger partial charge in [0.2, 0.25) is 5.95 Å². The second-order valence-corrected chi connectivity index (χ2v) is 4.21. The number of nitrogens with zero attached hydrogens (tertiary/aromatic N) is 2. The first-order valence-corrected chi connectivity index (χ1v) is 5.78. The summed E-state index contributed by atoms with van der Waals surface area (Å²) in [6, 6.07) is 4.88. The molecular formula is C11H9Cl2FN4. The van der Waals surface area contributed by atoms with Crippen LogP contribution in [-0.4, -0.2) is 17.0 Å². The molecule has 2 aromatic rings. The molecule has 1 heterocycles. The third-order valence-electron chi connectivity index (χ3n) is 2.15. The van der Waals surface area contributed by atoms with E-state index in [1.54, 1.807) is 25.2 Å². The molecule has 2 rings (SSSR count). The van der Waals surface area contributed by atoms with Crippen LogP contribution < -0.4 is 10.6 Å². The first kappa shape index (κ1) is 12.9. The second kappa shape index (κ2) is 5.37. The number of hydrogen-bond donors (Lipinski definition) is 2. The predicted octanol–water partition coefficient (Wildman–Crippen LogP) is 3.71. The molecule has 0 aliphatic rings. The Kier molecular flexibility index (Phi) is 3.84. The summed E-state index contributed by atoms with van der Waals surface area (Å²) < 4.78 is 13.5. The van der Waals surface area contributed by atoms with E-state index in [1.807, 2.05) is 0 Å². The summed E-state index contributed by atoms with van der Waals surface area (Å²) in [5, 5.41) is 6.34. The van der Waals surface area contributed by atoms with Crippen LogP contribution >= 0.6 is 23.2 Å². The van der Waals surface area contributed by atoms with E-state index in [-0.39, 0.29) is 5.82 Å². The molecule has 4 nitrogen and oxygen atoms in total. The largest absolute Gasteiger partial charge is 0.357 e. The normalized spacial score (nSPS) is 10.2. The van der Waals surface area contributed by atoms with E-state index in [0.29, 0.717) is 21.7 Å². The van der Waals surface area contributed by atoms with Crippen LogP contribution in [0.3, 0.4) is 0 Å². The highest BCUT2D eigenvalue weighted by molar-refractivity contribution is 6.42. The van der Waals surface area contributed by atoms with Gasteiger partial charge in [-0.05, 0) is 18.2 Å². The van der Waals surface area contributed by atoms with Gasteiger partial charge in [-0.15, -0.1) is 0 Å². The lowest BCUT2D eigenvalue weighted by Gasteiger charge is -2.08. The lowest BCUT2D eigenvalue weighted by atomic mass is 10.3. The van der Waals surface area contributed by atoms with Crippen LogP contribution in [0, 0.1) is 5.82 Å². The zero-order chi connectivity index (χ0) is 13.1. The Morgan fingerprint density at radius 1 is 1.22 bits per heavy atom. The van der Waals surface area contributed by atoms with Crippen LogP contribution in [-0.2, 0) is 0 Å². The highest BCUT2D eigenvalue weighted by Crippen LogP contribution is 2.27. The molecule has 0 spiro atoms. The molecule has 0 saturated carbocycles. The van der Waals surface area contributed by atoms with Crippen molar-refractivity contribution < 1.29 is 4.39 Å². The molecule has 1 aromatic heterocycles. The Balaban J connectivity index is 2.30. The van der Waals surface area contributed by atoms with Gasteiger partial charge in [-0.25, -0.2) is 9.37 Å². The summed E-state index contributed by atoms with van der Waals surface area (Å²) in [6.07, 6.45) is 1.08. The molecule has 2 N–H and O–H groups in total. The van der Waals surface area contributed by atoms with Crippen molar-refractivity contribution >= 4 is 40.7 Å². The van der Waals surface area contributed by atoms with Gasteiger partial charge < -0.3 is 10.6 Å². The van der Waals surface area contributed by atoms with Crippen LogP contribution in [0.1, 0.15) is 0 Å².